The molecule has 2 N–H and O–H groups in total. The van der Waals surface area contributed by atoms with Crippen molar-refractivity contribution in [3.8, 4) is 5.75 Å². The van der Waals surface area contributed by atoms with Gasteiger partial charge in [-0.2, -0.15) is 5.10 Å². The van der Waals surface area contributed by atoms with Gasteiger partial charge in [-0.05, 0) is 30.7 Å². The van der Waals surface area contributed by atoms with Crippen LogP contribution in [0.25, 0.3) is 0 Å². The molecule has 0 fully saturated rings. The number of ether oxygens (including phenoxy) is 1. The maximum Gasteiger partial charge on any atom is 0.321 e. The molecule has 1 heterocycles. The molecule has 9 heteroatoms. The van der Waals surface area contributed by atoms with Crippen molar-refractivity contribution in [2.75, 3.05) is 31.8 Å². The Bertz CT molecular complexity index is 757. The van der Waals surface area contributed by atoms with E-state index in [9.17, 15) is 13.2 Å². The molecular formula is C15H20N4O4S. The van der Waals surface area contributed by atoms with E-state index in [4.69, 9.17) is 4.74 Å². The van der Waals surface area contributed by atoms with Crippen LogP contribution in [-0.4, -0.2) is 56.0 Å². The van der Waals surface area contributed by atoms with E-state index in [1.807, 2.05) is 0 Å². The minimum absolute atomic E-state index is 0.228. The number of carbonyl (C=O) groups excluding carboxylic acids is 1. The van der Waals surface area contributed by atoms with E-state index in [1.54, 1.807) is 30.3 Å². The summed E-state index contributed by atoms with van der Waals surface area (Å²) in [7, 11) is -1.51. The molecule has 0 atom stereocenters. The number of benzene rings is 1. The lowest BCUT2D eigenvalue weighted by atomic mass is 10.3. The predicted molar refractivity (Wildman–Crippen MR) is 89.9 cm³/mol. The fraction of sp³-hybridized carbons (Fsp3) is 0.333. The van der Waals surface area contributed by atoms with Crippen molar-refractivity contribution in [3.05, 3.63) is 36.7 Å². The number of rotatable bonds is 7. The highest BCUT2D eigenvalue weighted by Crippen LogP contribution is 2.16. The number of hydrogen-bond donors (Lipinski definition) is 2. The SMILES string of the molecule is CN(CCCOc1ccc(S(C)(=O)=O)cc1)C(=O)Nc1cn[nH]c1. The smallest absolute Gasteiger partial charge is 0.321 e. The highest BCUT2D eigenvalue weighted by molar-refractivity contribution is 7.90. The van der Waals surface area contributed by atoms with Gasteiger partial charge in [0.15, 0.2) is 9.84 Å². The summed E-state index contributed by atoms with van der Waals surface area (Å²) >= 11 is 0. The quantitative estimate of drug-likeness (QED) is 0.739. The highest BCUT2D eigenvalue weighted by atomic mass is 32.2. The number of H-pyrrole nitrogens is 1. The lowest BCUT2D eigenvalue weighted by Gasteiger charge is -2.17. The first-order valence-electron chi connectivity index (χ1n) is 7.30. The van der Waals surface area contributed by atoms with Crippen molar-refractivity contribution in [2.24, 2.45) is 0 Å². The van der Waals surface area contributed by atoms with Crippen molar-refractivity contribution in [1.82, 2.24) is 15.1 Å². The minimum Gasteiger partial charge on any atom is -0.494 e. The third kappa shape index (κ3) is 5.27. The molecular weight excluding hydrogens is 332 g/mol. The summed E-state index contributed by atoms with van der Waals surface area (Å²) in [5.41, 5.74) is 0.606. The molecule has 8 nitrogen and oxygen atoms in total. The zero-order chi connectivity index (χ0) is 17.6. The maximum atomic E-state index is 11.9. The number of hydrogen-bond acceptors (Lipinski definition) is 5. The zero-order valence-electron chi connectivity index (χ0n) is 13.5. The Morgan fingerprint density at radius 1 is 1.33 bits per heavy atom. The third-order valence-electron chi connectivity index (χ3n) is 3.25. The number of urea groups is 1. The van der Waals surface area contributed by atoms with E-state index in [-0.39, 0.29) is 10.9 Å². The average molecular weight is 352 g/mol. The summed E-state index contributed by atoms with van der Waals surface area (Å²) in [6.07, 6.45) is 4.92. The zero-order valence-corrected chi connectivity index (χ0v) is 14.3. The van der Waals surface area contributed by atoms with Crippen molar-refractivity contribution in [2.45, 2.75) is 11.3 Å². The monoisotopic (exact) mass is 352 g/mol. The standard InChI is InChI=1S/C15H20N4O4S/c1-19(15(20)18-12-10-16-17-11-12)8-3-9-23-13-4-6-14(7-5-13)24(2,21)22/h4-7,10-11H,3,8-9H2,1-2H3,(H,16,17)(H,18,20). The predicted octanol–water partition coefficient (Wildman–Crippen LogP) is 1.75. The Labute approximate surface area is 140 Å². The van der Waals surface area contributed by atoms with E-state index in [1.165, 1.54) is 18.3 Å². The molecule has 130 valence electrons. The second-order valence-corrected chi connectivity index (χ2v) is 7.30. The summed E-state index contributed by atoms with van der Waals surface area (Å²) < 4.78 is 28.3. The number of aromatic nitrogens is 2. The van der Waals surface area contributed by atoms with Gasteiger partial charge in [-0.15, -0.1) is 0 Å². The number of aromatic amines is 1. The topological polar surface area (TPSA) is 104 Å². The van der Waals surface area contributed by atoms with Crippen molar-refractivity contribution < 1.29 is 17.9 Å². The fourth-order valence-corrected chi connectivity index (χ4v) is 2.54. The molecule has 0 saturated carbocycles. The van der Waals surface area contributed by atoms with E-state index in [0.29, 0.717) is 31.0 Å². The van der Waals surface area contributed by atoms with Crippen LogP contribution in [0.2, 0.25) is 0 Å². The summed E-state index contributed by atoms with van der Waals surface area (Å²) in [5.74, 6) is 0.591. The van der Waals surface area contributed by atoms with Gasteiger partial charge in [-0.1, -0.05) is 0 Å². The van der Waals surface area contributed by atoms with Gasteiger partial charge < -0.3 is 15.0 Å². The normalized spacial score (nSPS) is 11.1. The van der Waals surface area contributed by atoms with Crippen LogP contribution in [0.5, 0.6) is 5.75 Å². The summed E-state index contributed by atoms with van der Waals surface area (Å²) in [4.78, 5) is 13.7. The molecule has 1 aromatic carbocycles. The Balaban J connectivity index is 1.71. The molecule has 0 spiro atoms. The minimum atomic E-state index is -3.20. The van der Waals surface area contributed by atoms with Gasteiger partial charge in [0, 0.05) is 26.0 Å². The van der Waals surface area contributed by atoms with Crippen LogP contribution in [-0.2, 0) is 9.84 Å². The second-order valence-electron chi connectivity index (χ2n) is 5.28. The van der Waals surface area contributed by atoms with E-state index in [0.717, 1.165) is 6.26 Å². The summed E-state index contributed by atoms with van der Waals surface area (Å²) in [6.45, 7) is 0.937. The number of sulfone groups is 1. The van der Waals surface area contributed by atoms with E-state index >= 15 is 0 Å². The molecule has 0 unspecified atom stereocenters. The largest absolute Gasteiger partial charge is 0.494 e. The van der Waals surface area contributed by atoms with Crippen molar-refractivity contribution >= 4 is 21.6 Å². The number of nitrogens with one attached hydrogen (secondary N) is 2. The molecule has 0 bridgehead atoms. The second kappa shape index (κ2) is 7.82. The van der Waals surface area contributed by atoms with Crippen LogP contribution in [0, 0.1) is 0 Å². The Morgan fingerprint density at radius 3 is 2.62 bits per heavy atom. The molecule has 0 saturated heterocycles. The summed E-state index contributed by atoms with van der Waals surface area (Å²) in [5, 5.41) is 9.06. The number of anilines is 1. The lowest BCUT2D eigenvalue weighted by molar-refractivity contribution is 0.216. The molecule has 2 amide bonds. The van der Waals surface area contributed by atoms with Crippen molar-refractivity contribution in [1.29, 1.82) is 0 Å². The van der Waals surface area contributed by atoms with Gasteiger partial charge in [0.25, 0.3) is 0 Å². The van der Waals surface area contributed by atoms with Crippen LogP contribution >= 0.6 is 0 Å². The Morgan fingerprint density at radius 2 is 2.04 bits per heavy atom. The Kier molecular flexibility index (Phi) is 5.80. The highest BCUT2D eigenvalue weighted by Gasteiger charge is 2.09. The molecule has 1 aromatic heterocycles. The van der Waals surface area contributed by atoms with Gasteiger partial charge in [0.05, 0.1) is 23.4 Å². The maximum absolute atomic E-state index is 11.9. The number of amides is 2. The van der Waals surface area contributed by atoms with Crippen LogP contribution in [0.15, 0.2) is 41.6 Å². The molecule has 0 aliphatic carbocycles. The first-order chi connectivity index (χ1) is 11.4. The number of carbonyl (C=O) groups is 1. The molecule has 0 aliphatic heterocycles. The first-order valence-corrected chi connectivity index (χ1v) is 9.19. The van der Waals surface area contributed by atoms with E-state index < -0.39 is 9.84 Å². The molecule has 2 rings (SSSR count). The van der Waals surface area contributed by atoms with Gasteiger partial charge in [-0.25, -0.2) is 13.2 Å². The van der Waals surface area contributed by atoms with Gasteiger partial charge in [0.1, 0.15) is 5.75 Å². The summed E-state index contributed by atoms with van der Waals surface area (Å²) in [6, 6.07) is 6.02. The fourth-order valence-electron chi connectivity index (χ4n) is 1.91. The van der Waals surface area contributed by atoms with Crippen LogP contribution in [0.4, 0.5) is 10.5 Å². The van der Waals surface area contributed by atoms with Gasteiger partial charge in [-0.3, -0.25) is 5.10 Å². The molecule has 24 heavy (non-hydrogen) atoms. The van der Waals surface area contributed by atoms with Crippen LogP contribution in [0.1, 0.15) is 6.42 Å². The van der Waals surface area contributed by atoms with Crippen LogP contribution < -0.4 is 10.1 Å². The van der Waals surface area contributed by atoms with Gasteiger partial charge in [0.2, 0.25) is 0 Å². The Hall–Kier alpha value is -2.55. The third-order valence-corrected chi connectivity index (χ3v) is 4.38. The number of nitrogens with zero attached hydrogens (tertiary/aromatic N) is 2. The molecule has 2 aromatic rings. The van der Waals surface area contributed by atoms with Crippen LogP contribution in [0.3, 0.4) is 0 Å². The lowest BCUT2D eigenvalue weighted by Crippen LogP contribution is -2.32. The molecule has 0 aliphatic rings. The van der Waals surface area contributed by atoms with Crippen molar-refractivity contribution in [3.63, 3.8) is 0 Å². The first kappa shape index (κ1) is 17.8. The van der Waals surface area contributed by atoms with E-state index in [2.05, 4.69) is 15.5 Å². The average Bonchev–Trinajstić information content (AvgIpc) is 3.04. The van der Waals surface area contributed by atoms with Gasteiger partial charge >= 0.3 is 6.03 Å². The molecule has 0 radical (unpaired) electrons.